The van der Waals surface area contributed by atoms with E-state index in [9.17, 15) is 21.4 Å². The number of azo groups is 1. The molecule has 0 fully saturated rings. The van der Waals surface area contributed by atoms with E-state index < -0.39 is 35.7 Å². The summed E-state index contributed by atoms with van der Waals surface area (Å²) in [6.45, 7) is 1.70. The average Bonchev–Trinajstić information content (AvgIpc) is 2.44. The van der Waals surface area contributed by atoms with Gasteiger partial charge >= 0.3 is 0 Å². The smallest absolute Gasteiger partial charge is 0.296 e. The number of nitrogen functional groups attached to an aromatic ring is 1. The number of hydrogen-bond donors (Lipinski definition) is 3. The van der Waals surface area contributed by atoms with Gasteiger partial charge in [-0.3, -0.25) is 9.11 Å². The van der Waals surface area contributed by atoms with Crippen LogP contribution in [0, 0.1) is 6.92 Å². The quantitative estimate of drug-likeness (QED) is 0.423. The Morgan fingerprint density at radius 3 is 2.04 bits per heavy atom. The van der Waals surface area contributed by atoms with E-state index >= 15 is 0 Å². The highest BCUT2D eigenvalue weighted by atomic mass is 32.2. The Morgan fingerprint density at radius 2 is 1.50 bits per heavy atom. The fourth-order valence-electron chi connectivity index (χ4n) is 1.85. The van der Waals surface area contributed by atoms with Gasteiger partial charge in [-0.15, -0.1) is 5.11 Å². The van der Waals surface area contributed by atoms with E-state index in [1.807, 2.05) is 0 Å². The van der Waals surface area contributed by atoms with E-state index in [4.69, 9.17) is 10.3 Å². The van der Waals surface area contributed by atoms with Gasteiger partial charge in [-0.05, 0) is 48.9 Å². The third-order valence-corrected chi connectivity index (χ3v) is 4.74. The van der Waals surface area contributed by atoms with Gasteiger partial charge in [-0.25, -0.2) is 0 Å². The number of nitrogens with zero attached hydrogens (tertiary/aromatic N) is 2. The van der Waals surface area contributed by atoms with Crippen molar-refractivity contribution in [3.8, 4) is 0 Å². The Kier molecular flexibility index (Phi) is 4.71. The lowest BCUT2D eigenvalue weighted by molar-refractivity contribution is 0.478. The van der Waals surface area contributed by atoms with E-state index in [-0.39, 0.29) is 0 Å². The number of hydrogen-bond acceptors (Lipinski definition) is 7. The lowest BCUT2D eigenvalue weighted by Gasteiger charge is -2.05. The minimum atomic E-state index is -4.67. The molecule has 128 valence electrons. The summed E-state index contributed by atoms with van der Waals surface area (Å²) in [6.07, 6.45) is 0. The zero-order chi connectivity index (χ0) is 18.1. The largest absolute Gasteiger partial charge is 0.399 e. The second-order valence-electron chi connectivity index (χ2n) is 4.83. The molecule has 0 atom stereocenters. The highest BCUT2D eigenvalue weighted by molar-refractivity contribution is 7.86. The van der Waals surface area contributed by atoms with Gasteiger partial charge in [0, 0.05) is 5.69 Å². The zero-order valence-electron chi connectivity index (χ0n) is 12.3. The van der Waals surface area contributed by atoms with Crippen molar-refractivity contribution in [2.45, 2.75) is 16.7 Å². The fourth-order valence-corrected chi connectivity index (χ4v) is 2.96. The molecule has 2 rings (SSSR count). The van der Waals surface area contributed by atoms with Crippen LogP contribution in [0.15, 0.2) is 56.4 Å². The Balaban J connectivity index is 2.60. The molecule has 0 unspecified atom stereocenters. The average molecular weight is 371 g/mol. The standard InChI is InChI=1S/C13H13N3O6S2/c1-8-6-9(14)2-4-11(8)15-16-12-7-10(23(17,18)19)3-5-13(12)24(20,21)22/h2-7H,14H2,1H3,(H,17,18,19)(H,20,21,22)/b16-15+. The summed E-state index contributed by atoms with van der Waals surface area (Å²) in [5.74, 6) is 0. The van der Waals surface area contributed by atoms with E-state index in [1.54, 1.807) is 19.1 Å². The van der Waals surface area contributed by atoms with Crippen molar-refractivity contribution in [1.82, 2.24) is 0 Å². The van der Waals surface area contributed by atoms with E-state index in [1.165, 1.54) is 6.07 Å². The third kappa shape index (κ3) is 4.14. The molecule has 11 heteroatoms. The topological polar surface area (TPSA) is 159 Å². The van der Waals surface area contributed by atoms with Crippen LogP contribution in [0.5, 0.6) is 0 Å². The molecule has 0 saturated carbocycles. The molecular formula is C13H13N3O6S2. The normalized spacial score (nSPS) is 12.6. The summed E-state index contributed by atoms with van der Waals surface area (Å²) in [5, 5.41) is 7.51. The van der Waals surface area contributed by atoms with Crippen LogP contribution in [0.25, 0.3) is 0 Å². The molecule has 2 aromatic carbocycles. The Labute approximate surface area is 138 Å². The van der Waals surface area contributed by atoms with Crippen molar-refractivity contribution < 1.29 is 25.9 Å². The Morgan fingerprint density at radius 1 is 0.875 bits per heavy atom. The lowest BCUT2D eigenvalue weighted by Crippen LogP contribution is -2.02. The number of rotatable bonds is 4. The molecule has 0 spiro atoms. The lowest BCUT2D eigenvalue weighted by atomic mass is 10.2. The van der Waals surface area contributed by atoms with Crippen molar-refractivity contribution in [1.29, 1.82) is 0 Å². The summed E-state index contributed by atoms with van der Waals surface area (Å²) in [4.78, 5) is -1.23. The molecule has 0 heterocycles. The molecule has 0 aliphatic carbocycles. The monoisotopic (exact) mass is 371 g/mol. The van der Waals surface area contributed by atoms with Crippen LogP contribution < -0.4 is 5.73 Å². The fraction of sp³-hybridized carbons (Fsp3) is 0.0769. The maximum Gasteiger partial charge on any atom is 0.296 e. The molecule has 0 aliphatic rings. The number of nitrogens with two attached hydrogens (primary N) is 1. The van der Waals surface area contributed by atoms with Crippen molar-refractivity contribution in [2.75, 3.05) is 5.73 Å². The second-order valence-corrected chi connectivity index (χ2v) is 7.64. The van der Waals surface area contributed by atoms with Crippen molar-refractivity contribution >= 4 is 37.3 Å². The van der Waals surface area contributed by atoms with Crippen LogP contribution in [0.3, 0.4) is 0 Å². The highest BCUT2D eigenvalue weighted by Crippen LogP contribution is 2.30. The van der Waals surface area contributed by atoms with Gasteiger partial charge < -0.3 is 5.73 Å². The van der Waals surface area contributed by atoms with Crippen molar-refractivity contribution in [3.63, 3.8) is 0 Å². The van der Waals surface area contributed by atoms with Gasteiger partial charge in [0.05, 0.1) is 10.6 Å². The zero-order valence-corrected chi connectivity index (χ0v) is 13.9. The summed E-state index contributed by atoms with van der Waals surface area (Å²) in [7, 11) is -9.25. The van der Waals surface area contributed by atoms with Crippen LogP contribution in [-0.4, -0.2) is 25.9 Å². The predicted octanol–water partition coefficient (Wildman–Crippen LogP) is 2.49. The minimum absolute atomic E-state index is 0.364. The maximum absolute atomic E-state index is 11.4. The van der Waals surface area contributed by atoms with Crippen molar-refractivity contribution in [2.24, 2.45) is 10.2 Å². The first-order valence-electron chi connectivity index (χ1n) is 6.35. The first-order chi connectivity index (χ1) is 11.0. The predicted molar refractivity (Wildman–Crippen MR) is 85.8 cm³/mol. The molecule has 0 aliphatic heterocycles. The molecule has 4 N–H and O–H groups in total. The molecule has 0 amide bonds. The van der Waals surface area contributed by atoms with Gasteiger partial charge in [0.25, 0.3) is 20.2 Å². The van der Waals surface area contributed by atoms with Crippen LogP contribution >= 0.6 is 0 Å². The number of benzene rings is 2. The highest BCUT2D eigenvalue weighted by Gasteiger charge is 2.19. The minimum Gasteiger partial charge on any atom is -0.399 e. The Hall–Kier alpha value is -2.34. The molecule has 0 radical (unpaired) electrons. The van der Waals surface area contributed by atoms with Gasteiger partial charge in [-0.2, -0.15) is 21.9 Å². The van der Waals surface area contributed by atoms with E-state index in [0.29, 0.717) is 16.9 Å². The van der Waals surface area contributed by atoms with Gasteiger partial charge in [-0.1, -0.05) is 0 Å². The van der Waals surface area contributed by atoms with Crippen LogP contribution in [-0.2, 0) is 20.2 Å². The molecule has 0 saturated heterocycles. The molecule has 0 aromatic heterocycles. The third-order valence-electron chi connectivity index (χ3n) is 2.99. The summed E-state index contributed by atoms with van der Waals surface area (Å²) < 4.78 is 63.3. The first kappa shape index (κ1) is 18.0. The van der Waals surface area contributed by atoms with Crippen LogP contribution in [0.4, 0.5) is 17.1 Å². The summed E-state index contributed by atoms with van der Waals surface area (Å²) in [6, 6.07) is 7.13. The number of aryl methyl sites for hydroxylation is 1. The van der Waals surface area contributed by atoms with Gasteiger partial charge in [0.2, 0.25) is 0 Å². The first-order valence-corrected chi connectivity index (χ1v) is 9.23. The SMILES string of the molecule is Cc1cc(N)ccc1/N=N/c1cc(S(=O)(=O)O)ccc1S(=O)(=O)O. The van der Waals surface area contributed by atoms with Crippen LogP contribution in [0.1, 0.15) is 5.56 Å². The molecule has 0 bridgehead atoms. The van der Waals surface area contributed by atoms with E-state index in [2.05, 4.69) is 10.2 Å². The van der Waals surface area contributed by atoms with E-state index in [0.717, 1.165) is 18.2 Å². The molecule has 9 nitrogen and oxygen atoms in total. The molecular weight excluding hydrogens is 358 g/mol. The van der Waals surface area contributed by atoms with Gasteiger partial charge in [0.15, 0.2) is 0 Å². The summed E-state index contributed by atoms with van der Waals surface area (Å²) in [5.41, 5.74) is 6.68. The molecule has 2 aromatic rings. The second kappa shape index (κ2) is 6.28. The summed E-state index contributed by atoms with van der Waals surface area (Å²) >= 11 is 0. The Bertz CT molecular complexity index is 1030. The maximum atomic E-state index is 11.4. The van der Waals surface area contributed by atoms with Crippen LogP contribution in [0.2, 0.25) is 0 Å². The number of anilines is 1. The van der Waals surface area contributed by atoms with Gasteiger partial charge in [0.1, 0.15) is 10.6 Å². The van der Waals surface area contributed by atoms with Crippen molar-refractivity contribution in [3.05, 3.63) is 42.0 Å². The molecule has 24 heavy (non-hydrogen) atoms.